The number of fused-ring (bicyclic) bond motifs is 9. The molecule has 130 valence electrons. The van der Waals surface area contributed by atoms with Crippen molar-refractivity contribution in [2.45, 2.75) is 63.5 Å². The first kappa shape index (κ1) is 15.6. The quantitative estimate of drug-likeness (QED) is 0.837. The summed E-state index contributed by atoms with van der Waals surface area (Å²) in [4.78, 5) is 0. The van der Waals surface area contributed by atoms with Gasteiger partial charge in [0, 0.05) is 23.1 Å². The van der Waals surface area contributed by atoms with E-state index in [-0.39, 0.29) is 11.1 Å². The van der Waals surface area contributed by atoms with Gasteiger partial charge < -0.3 is 5.32 Å². The second kappa shape index (κ2) is 4.76. The highest BCUT2D eigenvalue weighted by Crippen LogP contribution is 2.64. The standard InChI is InChI=1S/C24H29N/c1-16(2)13-24-15-17(24)14-22(3)18-9-5-6-10-19(18)23(4,25-22)20-11-7-8-12-21(20)24/h5-12,16-17,25H,13-15H2,1-4H3/p+1. The number of hydrogen-bond acceptors (Lipinski definition) is 0. The van der Waals surface area contributed by atoms with E-state index in [0.717, 1.165) is 11.8 Å². The Hall–Kier alpha value is -1.60. The van der Waals surface area contributed by atoms with Gasteiger partial charge in [0.25, 0.3) is 0 Å². The Kier molecular flexibility index (Phi) is 2.98. The highest BCUT2D eigenvalue weighted by atomic mass is 15.1. The monoisotopic (exact) mass is 332 g/mol. The zero-order valence-corrected chi connectivity index (χ0v) is 16.0. The molecule has 3 aliphatic rings. The van der Waals surface area contributed by atoms with E-state index in [1.54, 1.807) is 16.7 Å². The second-order valence-corrected chi connectivity index (χ2v) is 9.71. The summed E-state index contributed by atoms with van der Waals surface area (Å²) < 4.78 is 0. The van der Waals surface area contributed by atoms with Crippen LogP contribution < -0.4 is 5.32 Å². The van der Waals surface area contributed by atoms with Crippen LogP contribution in [0.4, 0.5) is 0 Å². The Bertz CT molecular complexity index is 853. The second-order valence-electron chi connectivity index (χ2n) is 9.71. The first-order chi connectivity index (χ1) is 11.9. The van der Waals surface area contributed by atoms with Crippen molar-refractivity contribution in [3.05, 3.63) is 70.8 Å². The Morgan fingerprint density at radius 2 is 1.44 bits per heavy atom. The minimum Gasteiger partial charge on any atom is -0.326 e. The van der Waals surface area contributed by atoms with E-state index in [9.17, 15) is 0 Å². The molecule has 1 saturated carbocycles. The lowest BCUT2D eigenvalue weighted by Crippen LogP contribution is -2.99. The maximum absolute atomic E-state index is 2.68. The van der Waals surface area contributed by atoms with Crippen molar-refractivity contribution >= 4 is 0 Å². The topological polar surface area (TPSA) is 16.6 Å². The van der Waals surface area contributed by atoms with Crippen LogP contribution in [0.1, 0.15) is 69.2 Å². The molecule has 1 fully saturated rings. The predicted octanol–water partition coefficient (Wildman–Crippen LogP) is 4.45. The Morgan fingerprint density at radius 1 is 0.880 bits per heavy atom. The van der Waals surface area contributed by atoms with E-state index in [2.05, 4.69) is 81.5 Å². The molecule has 0 saturated heterocycles. The van der Waals surface area contributed by atoms with Crippen molar-refractivity contribution in [2.75, 3.05) is 0 Å². The summed E-state index contributed by atoms with van der Waals surface area (Å²) in [5.74, 6) is 1.58. The summed E-state index contributed by atoms with van der Waals surface area (Å²) in [7, 11) is 0. The van der Waals surface area contributed by atoms with E-state index < -0.39 is 0 Å². The van der Waals surface area contributed by atoms with Crippen LogP contribution in [-0.2, 0) is 16.5 Å². The lowest BCUT2D eigenvalue weighted by atomic mass is 9.75. The fourth-order valence-electron chi connectivity index (χ4n) is 6.57. The van der Waals surface area contributed by atoms with Gasteiger partial charge in [0.1, 0.15) is 11.1 Å². The van der Waals surface area contributed by atoms with Crippen molar-refractivity contribution in [1.82, 2.24) is 0 Å². The molecule has 5 rings (SSSR count). The average molecular weight is 333 g/mol. The van der Waals surface area contributed by atoms with Crippen LogP contribution in [0.3, 0.4) is 0 Å². The zero-order valence-electron chi connectivity index (χ0n) is 16.0. The molecule has 0 aromatic heterocycles. The number of nitrogens with two attached hydrogens (primary N) is 1. The van der Waals surface area contributed by atoms with Gasteiger partial charge in [0.15, 0.2) is 0 Å². The van der Waals surface area contributed by atoms with Gasteiger partial charge in [-0.2, -0.15) is 0 Å². The number of benzene rings is 2. The fourth-order valence-corrected chi connectivity index (χ4v) is 6.57. The van der Waals surface area contributed by atoms with E-state index >= 15 is 0 Å². The van der Waals surface area contributed by atoms with Crippen LogP contribution >= 0.6 is 0 Å². The molecule has 2 N–H and O–H groups in total. The molecule has 2 aromatic carbocycles. The highest BCUT2D eigenvalue weighted by molar-refractivity contribution is 5.53. The lowest BCUT2D eigenvalue weighted by Gasteiger charge is -2.36. The Morgan fingerprint density at radius 3 is 2.08 bits per heavy atom. The minimum atomic E-state index is 0.0411. The largest absolute Gasteiger partial charge is 0.326 e. The van der Waals surface area contributed by atoms with Gasteiger partial charge in [-0.25, -0.2) is 0 Å². The van der Waals surface area contributed by atoms with Gasteiger partial charge in [-0.1, -0.05) is 62.4 Å². The molecule has 4 unspecified atom stereocenters. The van der Waals surface area contributed by atoms with Crippen LogP contribution in [0.2, 0.25) is 0 Å². The number of quaternary nitrogens is 1. The average Bonchev–Trinajstić information content (AvgIpc) is 3.18. The maximum atomic E-state index is 2.68. The lowest BCUT2D eigenvalue weighted by molar-refractivity contribution is -0.783. The molecule has 2 heterocycles. The van der Waals surface area contributed by atoms with E-state index in [4.69, 9.17) is 0 Å². The van der Waals surface area contributed by atoms with Crippen molar-refractivity contribution in [1.29, 1.82) is 0 Å². The SMILES string of the molecule is CC(C)CC12CC1CC1(C)[NH2+]C(C)(c3ccccc31)c1ccccc12. The van der Waals surface area contributed by atoms with Crippen LogP contribution in [0.5, 0.6) is 0 Å². The highest BCUT2D eigenvalue weighted by Gasteiger charge is 2.65. The third-order valence-corrected chi connectivity index (χ3v) is 7.41. The van der Waals surface area contributed by atoms with Gasteiger partial charge in [-0.15, -0.1) is 0 Å². The van der Waals surface area contributed by atoms with Gasteiger partial charge in [0.2, 0.25) is 0 Å². The fraction of sp³-hybridized carbons (Fsp3) is 0.500. The zero-order chi connectivity index (χ0) is 17.4. The molecule has 1 nitrogen and oxygen atoms in total. The third kappa shape index (κ3) is 1.94. The Balaban J connectivity index is 1.79. The summed E-state index contributed by atoms with van der Waals surface area (Å²) in [6, 6.07) is 18.6. The van der Waals surface area contributed by atoms with Crippen LogP contribution in [0, 0.1) is 11.8 Å². The van der Waals surface area contributed by atoms with E-state index in [1.807, 2.05) is 0 Å². The van der Waals surface area contributed by atoms with Gasteiger partial charge in [0.05, 0.1) is 0 Å². The molecular weight excluding hydrogens is 302 g/mol. The molecule has 0 radical (unpaired) electrons. The van der Waals surface area contributed by atoms with Gasteiger partial charge >= 0.3 is 0 Å². The van der Waals surface area contributed by atoms with Gasteiger partial charge in [-0.3, -0.25) is 0 Å². The summed E-state index contributed by atoms with van der Waals surface area (Å²) in [5, 5.41) is 2.68. The predicted molar refractivity (Wildman–Crippen MR) is 102 cm³/mol. The summed E-state index contributed by atoms with van der Waals surface area (Å²) in [6.45, 7) is 9.74. The van der Waals surface area contributed by atoms with Crippen molar-refractivity contribution in [3.8, 4) is 0 Å². The first-order valence-corrected chi connectivity index (χ1v) is 9.96. The summed E-state index contributed by atoms with van der Waals surface area (Å²) in [5.41, 5.74) is 6.98. The molecule has 2 bridgehead atoms. The molecule has 1 aliphatic carbocycles. The number of hydrogen-bond donors (Lipinski definition) is 1. The molecule has 0 spiro atoms. The van der Waals surface area contributed by atoms with E-state index in [1.165, 1.54) is 24.8 Å². The third-order valence-electron chi connectivity index (χ3n) is 7.41. The van der Waals surface area contributed by atoms with Crippen molar-refractivity contribution in [3.63, 3.8) is 0 Å². The summed E-state index contributed by atoms with van der Waals surface area (Å²) in [6.07, 6.45) is 4.02. The van der Waals surface area contributed by atoms with E-state index in [0.29, 0.717) is 5.41 Å². The first-order valence-electron chi connectivity index (χ1n) is 9.96. The van der Waals surface area contributed by atoms with Crippen molar-refractivity contribution < 1.29 is 5.32 Å². The summed E-state index contributed by atoms with van der Waals surface area (Å²) >= 11 is 0. The Labute approximate surface area is 151 Å². The molecular formula is C24H30N+. The van der Waals surface area contributed by atoms with Crippen LogP contribution in [0.15, 0.2) is 48.5 Å². The van der Waals surface area contributed by atoms with Crippen LogP contribution in [0.25, 0.3) is 0 Å². The molecule has 2 aliphatic heterocycles. The van der Waals surface area contributed by atoms with Crippen molar-refractivity contribution in [2.24, 2.45) is 11.8 Å². The van der Waals surface area contributed by atoms with Gasteiger partial charge in [-0.05, 0) is 49.5 Å². The molecule has 0 amide bonds. The number of rotatable bonds is 2. The molecule has 1 heteroatoms. The minimum absolute atomic E-state index is 0.0411. The normalized spacial score (nSPS) is 37.7. The maximum Gasteiger partial charge on any atom is 0.146 e. The smallest absolute Gasteiger partial charge is 0.146 e. The van der Waals surface area contributed by atoms with Crippen LogP contribution in [-0.4, -0.2) is 0 Å². The molecule has 25 heavy (non-hydrogen) atoms. The molecule has 2 aromatic rings. The molecule has 4 atom stereocenters.